The van der Waals surface area contributed by atoms with Crippen LogP contribution in [-0.4, -0.2) is 19.5 Å². The van der Waals surface area contributed by atoms with Crippen molar-refractivity contribution >= 4 is 6.08 Å². The maximum atomic E-state index is 5.75. The summed E-state index contributed by atoms with van der Waals surface area (Å²) in [7, 11) is 0. The molecule has 0 aromatic heterocycles. The molecule has 0 amide bonds. The van der Waals surface area contributed by atoms with Gasteiger partial charge in [0.25, 0.3) is 0 Å². The highest BCUT2D eigenvalue weighted by molar-refractivity contribution is 5.53. The Hall–Kier alpha value is -1.12. The molecular formula is C17H24O2. The number of ether oxygens (including phenoxy) is 2. The van der Waals surface area contributed by atoms with Crippen molar-refractivity contribution in [3.8, 4) is 0 Å². The smallest absolute Gasteiger partial charge is 0.180 e. The van der Waals surface area contributed by atoms with E-state index in [0.717, 1.165) is 26.1 Å². The van der Waals surface area contributed by atoms with Crippen LogP contribution in [0.5, 0.6) is 0 Å². The first-order valence-electron chi connectivity index (χ1n) is 7.39. The predicted octanol–water partition coefficient (Wildman–Crippen LogP) is 4.41. The van der Waals surface area contributed by atoms with Gasteiger partial charge in [0.1, 0.15) is 0 Å². The maximum Gasteiger partial charge on any atom is 0.180 e. The molecule has 0 spiro atoms. The third kappa shape index (κ3) is 4.81. The van der Waals surface area contributed by atoms with E-state index < -0.39 is 0 Å². The molecular weight excluding hydrogens is 236 g/mol. The fourth-order valence-corrected chi connectivity index (χ4v) is 2.30. The normalized spacial score (nSPS) is 17.6. The summed E-state index contributed by atoms with van der Waals surface area (Å²) in [6, 6.07) is 10.4. The fourth-order valence-electron chi connectivity index (χ4n) is 2.30. The van der Waals surface area contributed by atoms with Crippen LogP contribution >= 0.6 is 0 Å². The molecule has 1 fully saturated rings. The average molecular weight is 260 g/mol. The highest BCUT2D eigenvalue weighted by Crippen LogP contribution is 2.22. The van der Waals surface area contributed by atoms with Crippen LogP contribution in [0.2, 0.25) is 0 Å². The first kappa shape index (κ1) is 14.3. The monoisotopic (exact) mass is 260 g/mol. The van der Waals surface area contributed by atoms with Gasteiger partial charge in [-0.2, -0.15) is 0 Å². The molecule has 1 heterocycles. The fraction of sp³-hybridized carbons (Fsp3) is 0.529. The van der Waals surface area contributed by atoms with E-state index in [0.29, 0.717) is 0 Å². The Morgan fingerprint density at radius 1 is 1.16 bits per heavy atom. The summed E-state index contributed by atoms with van der Waals surface area (Å²) in [5.41, 5.74) is 2.51. The van der Waals surface area contributed by atoms with Crippen LogP contribution in [-0.2, 0) is 9.47 Å². The van der Waals surface area contributed by atoms with Gasteiger partial charge in [0, 0.05) is 0 Å². The summed E-state index contributed by atoms with van der Waals surface area (Å²) >= 11 is 0. The number of unbranched alkanes of at least 4 members (excludes halogenated alkanes) is 2. The van der Waals surface area contributed by atoms with Gasteiger partial charge in [0.05, 0.1) is 13.2 Å². The molecule has 0 saturated carbocycles. The van der Waals surface area contributed by atoms with Crippen molar-refractivity contribution in [2.24, 2.45) is 0 Å². The van der Waals surface area contributed by atoms with Crippen molar-refractivity contribution in [1.82, 2.24) is 0 Å². The Morgan fingerprint density at radius 3 is 2.58 bits per heavy atom. The standard InChI is InChI=1S/C17H24O2/c1-2-3-5-11-16(17-18-12-8-13-19-17)14-15-9-6-4-7-10-15/h4,6-7,9-10,14,17H,2-3,5,8,11-13H2,1H3. The van der Waals surface area contributed by atoms with Crippen LogP contribution in [0.1, 0.15) is 44.6 Å². The van der Waals surface area contributed by atoms with E-state index in [1.807, 2.05) is 6.07 Å². The molecule has 0 bridgehead atoms. The van der Waals surface area contributed by atoms with Gasteiger partial charge in [-0.15, -0.1) is 0 Å². The van der Waals surface area contributed by atoms with Gasteiger partial charge in [-0.3, -0.25) is 0 Å². The van der Waals surface area contributed by atoms with Gasteiger partial charge in [-0.05, 0) is 30.4 Å². The van der Waals surface area contributed by atoms with Crippen molar-refractivity contribution in [1.29, 1.82) is 0 Å². The molecule has 1 aromatic rings. The number of hydrogen-bond donors (Lipinski definition) is 0. The largest absolute Gasteiger partial charge is 0.349 e. The molecule has 104 valence electrons. The van der Waals surface area contributed by atoms with E-state index >= 15 is 0 Å². The lowest BCUT2D eigenvalue weighted by Crippen LogP contribution is -2.26. The average Bonchev–Trinajstić information content (AvgIpc) is 2.48. The minimum Gasteiger partial charge on any atom is -0.349 e. The zero-order valence-electron chi connectivity index (χ0n) is 11.8. The van der Waals surface area contributed by atoms with Crippen LogP contribution < -0.4 is 0 Å². The third-order valence-corrected chi connectivity index (χ3v) is 3.35. The topological polar surface area (TPSA) is 18.5 Å². The van der Waals surface area contributed by atoms with Gasteiger partial charge < -0.3 is 9.47 Å². The minimum atomic E-state index is -0.134. The summed E-state index contributed by atoms with van der Waals surface area (Å²) in [6.45, 7) is 3.85. The molecule has 1 saturated heterocycles. The number of rotatable bonds is 6. The van der Waals surface area contributed by atoms with Gasteiger partial charge in [0.2, 0.25) is 0 Å². The lowest BCUT2D eigenvalue weighted by molar-refractivity contribution is -0.157. The van der Waals surface area contributed by atoms with E-state index in [1.54, 1.807) is 0 Å². The summed E-state index contributed by atoms with van der Waals surface area (Å²) in [4.78, 5) is 0. The van der Waals surface area contributed by atoms with Gasteiger partial charge in [-0.1, -0.05) is 56.2 Å². The van der Waals surface area contributed by atoms with E-state index in [2.05, 4.69) is 37.3 Å². The number of benzene rings is 1. The summed E-state index contributed by atoms with van der Waals surface area (Å²) in [5.74, 6) is 0. The van der Waals surface area contributed by atoms with Crippen LogP contribution in [0.15, 0.2) is 35.9 Å². The maximum absolute atomic E-state index is 5.75. The third-order valence-electron chi connectivity index (χ3n) is 3.35. The Bertz CT molecular complexity index is 378. The molecule has 0 N–H and O–H groups in total. The molecule has 2 nitrogen and oxygen atoms in total. The molecule has 1 aromatic carbocycles. The molecule has 2 heteroatoms. The molecule has 0 radical (unpaired) electrons. The minimum absolute atomic E-state index is 0.134. The van der Waals surface area contributed by atoms with Crippen molar-refractivity contribution in [2.45, 2.75) is 45.3 Å². The summed E-state index contributed by atoms with van der Waals surface area (Å²) in [5, 5.41) is 0. The summed E-state index contributed by atoms with van der Waals surface area (Å²) in [6.07, 6.45) is 7.87. The molecule has 1 aliphatic rings. The van der Waals surface area contributed by atoms with E-state index in [9.17, 15) is 0 Å². The first-order chi connectivity index (χ1) is 9.40. The van der Waals surface area contributed by atoms with Crippen molar-refractivity contribution < 1.29 is 9.47 Å². The Morgan fingerprint density at radius 2 is 1.89 bits per heavy atom. The molecule has 19 heavy (non-hydrogen) atoms. The Labute approximate surface area is 116 Å². The SMILES string of the molecule is CCCCCC(=Cc1ccccc1)C1OCCCO1. The second kappa shape index (κ2) is 8.13. The van der Waals surface area contributed by atoms with Gasteiger partial charge >= 0.3 is 0 Å². The lowest BCUT2D eigenvalue weighted by Gasteiger charge is -2.26. The number of hydrogen-bond acceptors (Lipinski definition) is 2. The van der Waals surface area contributed by atoms with E-state index in [1.165, 1.54) is 30.4 Å². The van der Waals surface area contributed by atoms with Crippen LogP contribution in [0.3, 0.4) is 0 Å². The second-order valence-corrected chi connectivity index (χ2v) is 5.01. The molecule has 2 rings (SSSR count). The highest BCUT2D eigenvalue weighted by Gasteiger charge is 2.18. The Kier molecular flexibility index (Phi) is 6.12. The molecule has 0 unspecified atom stereocenters. The predicted molar refractivity (Wildman–Crippen MR) is 78.9 cm³/mol. The second-order valence-electron chi connectivity index (χ2n) is 5.01. The van der Waals surface area contributed by atoms with E-state index in [-0.39, 0.29) is 6.29 Å². The molecule has 0 atom stereocenters. The zero-order chi connectivity index (χ0) is 13.3. The zero-order valence-corrected chi connectivity index (χ0v) is 11.8. The molecule has 1 aliphatic heterocycles. The van der Waals surface area contributed by atoms with E-state index in [4.69, 9.17) is 9.47 Å². The molecule has 0 aliphatic carbocycles. The van der Waals surface area contributed by atoms with Gasteiger partial charge in [0.15, 0.2) is 6.29 Å². The summed E-state index contributed by atoms with van der Waals surface area (Å²) < 4.78 is 11.5. The van der Waals surface area contributed by atoms with Crippen LogP contribution in [0.4, 0.5) is 0 Å². The van der Waals surface area contributed by atoms with Crippen molar-refractivity contribution in [3.63, 3.8) is 0 Å². The quantitative estimate of drug-likeness (QED) is 0.705. The van der Waals surface area contributed by atoms with Crippen LogP contribution in [0.25, 0.3) is 6.08 Å². The first-order valence-corrected chi connectivity index (χ1v) is 7.39. The van der Waals surface area contributed by atoms with Gasteiger partial charge in [-0.25, -0.2) is 0 Å². The lowest BCUT2D eigenvalue weighted by atomic mass is 10.0. The van der Waals surface area contributed by atoms with Crippen molar-refractivity contribution in [2.75, 3.05) is 13.2 Å². The highest BCUT2D eigenvalue weighted by atomic mass is 16.7. The van der Waals surface area contributed by atoms with Crippen LogP contribution in [0, 0.1) is 0 Å². The van der Waals surface area contributed by atoms with Crippen molar-refractivity contribution in [3.05, 3.63) is 41.5 Å². The Balaban J connectivity index is 2.06.